The Morgan fingerprint density at radius 2 is 1.75 bits per heavy atom. The second kappa shape index (κ2) is 14.7. The van der Waals surface area contributed by atoms with E-state index in [-0.39, 0.29) is 31.5 Å². The molecule has 2 heterocycles. The summed E-state index contributed by atoms with van der Waals surface area (Å²) in [5, 5.41) is 8.06. The molecule has 3 saturated carbocycles. The molecule has 0 unspecified atom stereocenters. The van der Waals surface area contributed by atoms with Gasteiger partial charge in [0, 0.05) is 24.2 Å². The number of hydrogen-bond donors (Lipinski definition) is 4. The molecule has 15 nitrogen and oxygen atoms in total. The average Bonchev–Trinajstić information content (AvgIpc) is 3.97. The van der Waals surface area contributed by atoms with Crippen molar-refractivity contribution < 1.29 is 37.1 Å². The van der Waals surface area contributed by atoms with Gasteiger partial charge in [0.05, 0.1) is 11.8 Å². The van der Waals surface area contributed by atoms with E-state index in [1.807, 2.05) is 30.3 Å². The summed E-state index contributed by atoms with van der Waals surface area (Å²) < 4.78 is 39.3. The van der Waals surface area contributed by atoms with Gasteiger partial charge < -0.3 is 30.3 Å². The Kier molecular flexibility index (Phi) is 10.5. The number of likely N-dealkylation sites (tertiary alicyclic amines) is 1. The molecule has 16 heteroatoms. The summed E-state index contributed by atoms with van der Waals surface area (Å²) in [5.74, 6) is -2.13. The van der Waals surface area contributed by atoms with Gasteiger partial charge in [0.1, 0.15) is 35.6 Å². The summed E-state index contributed by atoms with van der Waals surface area (Å²) >= 11 is 0. The van der Waals surface area contributed by atoms with E-state index in [4.69, 9.17) is 9.47 Å². The lowest BCUT2D eigenvalue weighted by atomic mass is 9.85. The average molecular weight is 738 g/mol. The van der Waals surface area contributed by atoms with Crippen molar-refractivity contribution in [3.05, 3.63) is 55.3 Å². The van der Waals surface area contributed by atoms with E-state index in [0.717, 1.165) is 31.4 Å². The van der Waals surface area contributed by atoms with Gasteiger partial charge >= 0.3 is 12.1 Å². The van der Waals surface area contributed by atoms with Crippen LogP contribution in [-0.2, 0) is 29.1 Å². The van der Waals surface area contributed by atoms with Gasteiger partial charge in [0.15, 0.2) is 0 Å². The van der Waals surface area contributed by atoms with Crippen LogP contribution >= 0.6 is 0 Å². The molecule has 4 N–H and O–H groups in total. The number of rotatable bonds is 13. The highest BCUT2D eigenvalue weighted by Crippen LogP contribution is 2.45. The molecule has 0 bridgehead atoms. The SMILES string of the molecule is C=C[C@@H]1C[C@]1(NC(=O)[C@@H]1C[C@@H](Oc2nccc(Nc3ccccc3)n2)CN1C(=O)[C@@H](NC(=O)OC1CCCC1)C(C)(C)C)C(=O)NS(=O)(=O)C1CC1. The molecule has 52 heavy (non-hydrogen) atoms. The number of nitrogens with zero attached hydrogens (tertiary/aromatic N) is 3. The Labute approximate surface area is 303 Å². The number of hydrogen-bond acceptors (Lipinski definition) is 11. The van der Waals surface area contributed by atoms with Crippen molar-refractivity contribution >= 4 is 45.3 Å². The first-order valence-electron chi connectivity index (χ1n) is 17.8. The minimum atomic E-state index is -3.90. The van der Waals surface area contributed by atoms with E-state index in [1.54, 1.807) is 26.8 Å². The molecule has 4 amide bonds. The van der Waals surface area contributed by atoms with Gasteiger partial charge in [-0.1, -0.05) is 45.0 Å². The number of benzene rings is 1. The van der Waals surface area contributed by atoms with Crippen LogP contribution in [0.2, 0.25) is 0 Å². The van der Waals surface area contributed by atoms with Crippen molar-refractivity contribution in [1.29, 1.82) is 0 Å². The lowest BCUT2D eigenvalue weighted by molar-refractivity contribution is -0.143. The Morgan fingerprint density at radius 3 is 2.38 bits per heavy atom. The fraction of sp³-hybridized carbons (Fsp3) is 0.556. The Morgan fingerprint density at radius 1 is 1.04 bits per heavy atom. The Balaban J connectivity index is 1.23. The number of para-hydroxylation sites is 1. The molecule has 1 aromatic carbocycles. The van der Waals surface area contributed by atoms with Crippen LogP contribution in [0.15, 0.2) is 55.3 Å². The number of amides is 4. The summed E-state index contributed by atoms with van der Waals surface area (Å²) in [7, 11) is -3.90. The van der Waals surface area contributed by atoms with Gasteiger partial charge in [0.2, 0.25) is 21.8 Å². The largest absolute Gasteiger partial charge is 0.458 e. The predicted molar refractivity (Wildman–Crippen MR) is 191 cm³/mol. The van der Waals surface area contributed by atoms with Crippen molar-refractivity contribution in [2.45, 2.75) is 107 Å². The zero-order valence-electron chi connectivity index (χ0n) is 29.7. The molecule has 0 radical (unpaired) electrons. The number of anilines is 2. The normalized spacial score (nSPS) is 25.1. The summed E-state index contributed by atoms with van der Waals surface area (Å²) in [4.78, 5) is 65.1. The molecular weight excluding hydrogens is 691 g/mol. The first-order chi connectivity index (χ1) is 24.7. The minimum Gasteiger partial charge on any atom is -0.458 e. The summed E-state index contributed by atoms with van der Waals surface area (Å²) in [6.07, 6.45) is 5.79. The first kappa shape index (κ1) is 37.0. The van der Waals surface area contributed by atoms with Crippen molar-refractivity contribution in [3.63, 3.8) is 0 Å². The van der Waals surface area contributed by atoms with Gasteiger partial charge in [-0.25, -0.2) is 18.2 Å². The quantitative estimate of drug-likeness (QED) is 0.220. The number of carbonyl (C=O) groups is 4. The maximum atomic E-state index is 14.4. The first-order valence-corrected chi connectivity index (χ1v) is 19.3. The topological polar surface area (TPSA) is 198 Å². The van der Waals surface area contributed by atoms with Crippen molar-refractivity contribution in [3.8, 4) is 6.01 Å². The van der Waals surface area contributed by atoms with Crippen LogP contribution in [0.5, 0.6) is 6.01 Å². The zero-order valence-corrected chi connectivity index (χ0v) is 30.5. The van der Waals surface area contributed by atoms with E-state index in [1.165, 1.54) is 17.2 Å². The fourth-order valence-electron chi connectivity index (χ4n) is 6.80. The molecule has 1 saturated heterocycles. The van der Waals surface area contributed by atoms with Gasteiger partial charge in [-0.15, -0.1) is 6.58 Å². The smallest absolute Gasteiger partial charge is 0.408 e. The van der Waals surface area contributed by atoms with Crippen LogP contribution < -0.4 is 25.4 Å². The van der Waals surface area contributed by atoms with Crippen molar-refractivity contribution in [1.82, 2.24) is 30.2 Å². The maximum absolute atomic E-state index is 14.4. The molecule has 3 aliphatic carbocycles. The van der Waals surface area contributed by atoms with E-state index in [0.29, 0.717) is 18.7 Å². The summed E-state index contributed by atoms with van der Waals surface area (Å²) in [6, 6.07) is 8.84. The molecular formula is C36H47N7O8S. The molecule has 1 aliphatic heterocycles. The number of alkyl carbamates (subject to hydrolysis) is 1. The van der Waals surface area contributed by atoms with E-state index >= 15 is 0 Å². The number of carbonyl (C=O) groups excluding carboxylic acids is 4. The second-order valence-electron chi connectivity index (χ2n) is 15.1. The number of ether oxygens (including phenoxy) is 2. The monoisotopic (exact) mass is 737 g/mol. The number of sulfonamides is 1. The molecule has 4 aliphatic rings. The standard InChI is InChI=1S/C36H47N7O8S/c1-5-22-20-36(22,32(46)42-52(48,49)26-15-16-26)41-30(44)27-19-25(50-33-37-18-17-28(39-33)38-23-11-7-6-8-12-23)21-43(27)31(45)29(35(2,3)4)40-34(47)51-24-13-9-10-14-24/h5-8,11-12,17-18,22,24-27,29H,1,9-10,13-16,19-21H2,2-4H3,(H,40,47)(H,41,44)(H,42,46)(H,37,38,39)/t22-,25-,27+,29-,36-/m1/s1. The van der Waals surface area contributed by atoms with Gasteiger partial charge in [-0.3, -0.25) is 19.1 Å². The fourth-order valence-corrected chi connectivity index (χ4v) is 8.17. The van der Waals surface area contributed by atoms with Crippen LogP contribution in [0.4, 0.5) is 16.3 Å². The zero-order chi connectivity index (χ0) is 37.3. The lowest BCUT2D eigenvalue weighted by Gasteiger charge is -2.35. The van der Waals surface area contributed by atoms with Gasteiger partial charge in [0.25, 0.3) is 5.91 Å². The molecule has 1 aromatic heterocycles. The molecule has 0 spiro atoms. The second-order valence-corrected chi connectivity index (χ2v) is 17.1. The third-order valence-corrected chi connectivity index (χ3v) is 11.8. The lowest BCUT2D eigenvalue weighted by Crippen LogP contribution is -2.60. The molecule has 280 valence electrons. The van der Waals surface area contributed by atoms with Crippen LogP contribution in [0.1, 0.15) is 72.1 Å². The molecule has 2 aromatic rings. The highest BCUT2D eigenvalue weighted by atomic mass is 32.2. The third kappa shape index (κ3) is 8.48. The molecule has 4 fully saturated rings. The summed E-state index contributed by atoms with van der Waals surface area (Å²) in [6.45, 7) is 9.08. The molecule has 5 atom stereocenters. The highest BCUT2D eigenvalue weighted by molar-refractivity contribution is 7.91. The van der Waals surface area contributed by atoms with Crippen molar-refractivity contribution in [2.24, 2.45) is 11.3 Å². The molecule has 6 rings (SSSR count). The number of aromatic nitrogens is 2. The van der Waals surface area contributed by atoms with Gasteiger partial charge in [-0.2, -0.15) is 4.98 Å². The minimum absolute atomic E-state index is 0.00249. The predicted octanol–water partition coefficient (Wildman–Crippen LogP) is 3.32. The summed E-state index contributed by atoms with van der Waals surface area (Å²) in [5.41, 5.74) is -1.55. The Bertz CT molecular complexity index is 1790. The van der Waals surface area contributed by atoms with Crippen LogP contribution in [-0.4, -0.2) is 88.7 Å². The van der Waals surface area contributed by atoms with Crippen molar-refractivity contribution in [2.75, 3.05) is 11.9 Å². The van der Waals surface area contributed by atoms with E-state index in [2.05, 4.69) is 37.2 Å². The van der Waals surface area contributed by atoms with Gasteiger partial charge in [-0.05, 0) is 68.6 Å². The third-order valence-electron chi connectivity index (χ3n) is 10.0. The van der Waals surface area contributed by atoms with E-state index in [9.17, 15) is 27.6 Å². The number of nitrogens with one attached hydrogen (secondary N) is 4. The van der Waals surface area contributed by atoms with E-state index < -0.39 is 74.1 Å². The maximum Gasteiger partial charge on any atom is 0.408 e. The van der Waals surface area contributed by atoms with Crippen LogP contribution in [0, 0.1) is 11.3 Å². The van der Waals surface area contributed by atoms with Crippen LogP contribution in [0.25, 0.3) is 0 Å². The highest BCUT2D eigenvalue weighted by Gasteiger charge is 2.62. The van der Waals surface area contributed by atoms with Crippen LogP contribution in [0.3, 0.4) is 0 Å². The Hall–Kier alpha value is -4.73.